The molecule has 136 valence electrons. The Bertz CT molecular complexity index is 1100. The van der Waals surface area contributed by atoms with Gasteiger partial charge in [-0.25, -0.2) is 4.99 Å². The van der Waals surface area contributed by atoms with Gasteiger partial charge >= 0.3 is 0 Å². The van der Waals surface area contributed by atoms with Crippen LogP contribution >= 0.6 is 0 Å². The molecule has 1 aliphatic rings. The number of aliphatic carboxylic acids is 1. The number of benzene rings is 2. The van der Waals surface area contributed by atoms with Crippen LogP contribution in [0.2, 0.25) is 0 Å². The summed E-state index contributed by atoms with van der Waals surface area (Å²) < 4.78 is 0. The van der Waals surface area contributed by atoms with E-state index < -0.39 is 12.1 Å². The Labute approximate surface area is 154 Å². The van der Waals surface area contributed by atoms with E-state index in [1.54, 1.807) is 6.92 Å². The first-order valence-electron chi connectivity index (χ1n) is 8.53. The number of hydrogen-bond donors (Lipinski definition) is 2. The average Bonchev–Trinajstić information content (AvgIpc) is 3.18. The molecule has 2 heterocycles. The van der Waals surface area contributed by atoms with Gasteiger partial charge in [0.1, 0.15) is 11.4 Å². The number of carboxylic acid groups (broad SMARTS) is 1. The highest BCUT2D eigenvalue weighted by atomic mass is 16.6. The quantitative estimate of drug-likeness (QED) is 0.678. The van der Waals surface area contributed by atoms with E-state index >= 15 is 0 Å². The van der Waals surface area contributed by atoms with Gasteiger partial charge in [-0.3, -0.25) is 0 Å². The summed E-state index contributed by atoms with van der Waals surface area (Å²) in [5, 5.41) is 26.5. The Kier molecular flexibility index (Phi) is 4.12. The molecule has 3 aromatic rings. The van der Waals surface area contributed by atoms with Crippen molar-refractivity contribution in [2.75, 3.05) is 0 Å². The van der Waals surface area contributed by atoms with Crippen LogP contribution < -0.4 is 5.11 Å². The molecular formula is C20H16N3O4-. The number of para-hydroxylation sites is 2. The number of nitrogens with zero attached hydrogens (tertiary/aromatic N) is 2. The van der Waals surface area contributed by atoms with Crippen LogP contribution in [-0.4, -0.2) is 33.6 Å². The number of carbonyl (C=O) groups excluding carboxylic acids is 1. The maximum absolute atomic E-state index is 11.1. The standard InChI is InChI=1S/C20H17N3O4/c1-2-15(20(25)26)27-23-17-12-8-4-6-10-14(12)21-18(17)16-11-7-3-5-9-13(11)22-19(16)24/h3-10,15,22,24H,2H2,1H3,(H,25,26)/p-1. The predicted molar refractivity (Wildman–Crippen MR) is 99.3 cm³/mol. The fourth-order valence-electron chi connectivity index (χ4n) is 3.11. The van der Waals surface area contributed by atoms with Crippen LogP contribution in [0.4, 0.5) is 5.69 Å². The second-order valence-corrected chi connectivity index (χ2v) is 6.13. The largest absolute Gasteiger partial charge is 0.546 e. The van der Waals surface area contributed by atoms with E-state index in [-0.39, 0.29) is 12.3 Å². The third-order valence-electron chi connectivity index (χ3n) is 4.44. The molecule has 2 aromatic carbocycles. The van der Waals surface area contributed by atoms with E-state index in [4.69, 9.17) is 4.84 Å². The monoisotopic (exact) mass is 362 g/mol. The molecule has 1 aromatic heterocycles. The fraction of sp³-hybridized carbons (Fsp3) is 0.150. The van der Waals surface area contributed by atoms with Gasteiger partial charge in [0, 0.05) is 16.5 Å². The minimum Gasteiger partial charge on any atom is -0.546 e. The lowest BCUT2D eigenvalue weighted by atomic mass is 10.0. The van der Waals surface area contributed by atoms with Crippen LogP contribution in [-0.2, 0) is 9.63 Å². The van der Waals surface area contributed by atoms with Gasteiger partial charge in [-0.2, -0.15) is 0 Å². The van der Waals surface area contributed by atoms with Crippen LogP contribution in [0.25, 0.3) is 10.9 Å². The molecule has 0 saturated carbocycles. The van der Waals surface area contributed by atoms with Gasteiger partial charge in [0.15, 0.2) is 12.0 Å². The number of H-pyrrole nitrogens is 1. The molecule has 7 nitrogen and oxygen atoms in total. The number of aromatic amines is 1. The van der Waals surface area contributed by atoms with Gasteiger partial charge in [0.25, 0.3) is 0 Å². The molecule has 0 saturated heterocycles. The number of aromatic nitrogens is 1. The molecule has 0 radical (unpaired) electrons. The first-order valence-corrected chi connectivity index (χ1v) is 8.53. The minimum atomic E-state index is -1.33. The maximum Gasteiger partial charge on any atom is 0.199 e. The summed E-state index contributed by atoms with van der Waals surface area (Å²) in [6, 6.07) is 14.7. The summed E-state index contributed by atoms with van der Waals surface area (Å²) >= 11 is 0. The number of oxime groups is 1. The van der Waals surface area contributed by atoms with E-state index in [2.05, 4.69) is 15.1 Å². The number of carboxylic acids is 1. The Balaban J connectivity index is 1.86. The first kappa shape index (κ1) is 16.8. The van der Waals surface area contributed by atoms with Gasteiger partial charge < -0.3 is 24.8 Å². The lowest BCUT2D eigenvalue weighted by molar-refractivity contribution is -0.317. The Morgan fingerprint density at radius 3 is 2.78 bits per heavy atom. The second-order valence-electron chi connectivity index (χ2n) is 6.13. The van der Waals surface area contributed by atoms with E-state index in [1.807, 2.05) is 48.5 Å². The Morgan fingerprint density at radius 1 is 1.26 bits per heavy atom. The molecule has 0 amide bonds. The second kappa shape index (κ2) is 6.60. The third-order valence-corrected chi connectivity index (χ3v) is 4.44. The predicted octanol–water partition coefficient (Wildman–Crippen LogP) is 2.26. The maximum atomic E-state index is 11.1. The molecule has 0 fully saturated rings. The molecule has 0 aliphatic carbocycles. The van der Waals surface area contributed by atoms with Gasteiger partial charge in [-0.1, -0.05) is 48.5 Å². The zero-order chi connectivity index (χ0) is 19.0. The van der Waals surface area contributed by atoms with Gasteiger partial charge in [-0.15, -0.1) is 0 Å². The average molecular weight is 362 g/mol. The molecule has 4 rings (SSSR count). The number of aromatic hydroxyl groups is 1. The van der Waals surface area contributed by atoms with Crippen LogP contribution in [0, 0.1) is 0 Å². The van der Waals surface area contributed by atoms with Crippen molar-refractivity contribution in [3.8, 4) is 5.88 Å². The van der Waals surface area contributed by atoms with Crippen LogP contribution in [0.5, 0.6) is 5.88 Å². The van der Waals surface area contributed by atoms with Gasteiger partial charge in [0.2, 0.25) is 0 Å². The lowest BCUT2D eigenvalue weighted by Gasteiger charge is -2.14. The van der Waals surface area contributed by atoms with Crippen molar-refractivity contribution < 1.29 is 19.8 Å². The lowest BCUT2D eigenvalue weighted by Crippen LogP contribution is -2.36. The summed E-state index contributed by atoms with van der Waals surface area (Å²) in [5.41, 5.74) is 3.40. The third kappa shape index (κ3) is 2.83. The molecular weight excluding hydrogens is 346 g/mol. The zero-order valence-electron chi connectivity index (χ0n) is 14.5. The zero-order valence-corrected chi connectivity index (χ0v) is 14.5. The topological polar surface area (TPSA) is 110 Å². The highest BCUT2D eigenvalue weighted by molar-refractivity contribution is 6.58. The molecule has 7 heteroatoms. The summed E-state index contributed by atoms with van der Waals surface area (Å²) in [7, 11) is 0. The number of carbonyl (C=O) groups is 1. The van der Waals surface area contributed by atoms with Crippen molar-refractivity contribution in [2.24, 2.45) is 10.1 Å². The van der Waals surface area contributed by atoms with E-state index in [0.29, 0.717) is 28.2 Å². The highest BCUT2D eigenvalue weighted by Crippen LogP contribution is 2.35. The van der Waals surface area contributed by atoms with Crippen molar-refractivity contribution in [1.29, 1.82) is 0 Å². The Morgan fingerprint density at radius 2 is 2.00 bits per heavy atom. The number of fused-ring (bicyclic) bond motifs is 2. The molecule has 1 unspecified atom stereocenters. The smallest absolute Gasteiger partial charge is 0.199 e. The summed E-state index contributed by atoms with van der Waals surface area (Å²) in [6.07, 6.45) is -0.950. The van der Waals surface area contributed by atoms with Crippen LogP contribution in [0.3, 0.4) is 0 Å². The summed E-state index contributed by atoms with van der Waals surface area (Å²) in [4.78, 5) is 23.9. The number of aliphatic imine (C=N–C) groups is 1. The van der Waals surface area contributed by atoms with Crippen molar-refractivity contribution in [2.45, 2.75) is 19.4 Å². The summed E-state index contributed by atoms with van der Waals surface area (Å²) in [5.74, 6) is -1.37. The van der Waals surface area contributed by atoms with Gasteiger partial charge in [-0.05, 0) is 18.6 Å². The van der Waals surface area contributed by atoms with E-state index in [9.17, 15) is 15.0 Å². The van der Waals surface area contributed by atoms with E-state index in [1.165, 1.54) is 0 Å². The fourth-order valence-corrected chi connectivity index (χ4v) is 3.11. The normalized spacial score (nSPS) is 15.6. The number of rotatable bonds is 5. The molecule has 1 atom stereocenters. The molecule has 27 heavy (non-hydrogen) atoms. The van der Waals surface area contributed by atoms with Crippen LogP contribution in [0.15, 0.2) is 58.7 Å². The first-order chi connectivity index (χ1) is 13.1. The van der Waals surface area contributed by atoms with Crippen LogP contribution in [0.1, 0.15) is 24.5 Å². The number of hydrogen-bond acceptors (Lipinski definition) is 6. The molecule has 0 bridgehead atoms. The Hall–Kier alpha value is -3.61. The van der Waals surface area contributed by atoms with E-state index in [0.717, 1.165) is 10.9 Å². The molecule has 1 aliphatic heterocycles. The van der Waals surface area contributed by atoms with Crippen molar-refractivity contribution in [3.05, 3.63) is 59.7 Å². The highest BCUT2D eigenvalue weighted by Gasteiger charge is 2.29. The minimum absolute atomic E-state index is 0.0394. The van der Waals surface area contributed by atoms with Crippen molar-refractivity contribution in [3.63, 3.8) is 0 Å². The van der Waals surface area contributed by atoms with Gasteiger partial charge in [0.05, 0.1) is 17.2 Å². The van der Waals surface area contributed by atoms with Crippen molar-refractivity contribution in [1.82, 2.24) is 4.98 Å². The SMILES string of the molecule is CCC(ON=C1C(c2c(O)[nH]c3ccccc23)=Nc2ccccc21)C(=O)[O-]. The van der Waals surface area contributed by atoms with Crippen molar-refractivity contribution >= 4 is 34.0 Å². The molecule has 0 spiro atoms. The summed E-state index contributed by atoms with van der Waals surface area (Å²) in [6.45, 7) is 1.67. The number of nitrogens with one attached hydrogen (secondary N) is 1. The molecule has 2 N–H and O–H groups in total.